The van der Waals surface area contributed by atoms with E-state index in [0.717, 1.165) is 17.0 Å². The number of carbonyl (C=O) groups is 1. The lowest BCUT2D eigenvalue weighted by molar-refractivity contribution is 0.112. The molecule has 0 saturated carbocycles. The number of carbonyl (C=O) groups excluding carboxylic acids is 1. The number of thioether (sulfide) groups is 1. The highest BCUT2D eigenvalue weighted by molar-refractivity contribution is 7.98. The Hall–Kier alpha value is -1.62. The van der Waals surface area contributed by atoms with Gasteiger partial charge in [0, 0.05) is 16.4 Å². The summed E-state index contributed by atoms with van der Waals surface area (Å²) in [6.07, 6.45) is 0.835. The summed E-state index contributed by atoms with van der Waals surface area (Å²) in [6, 6.07) is 7.41. The predicted molar refractivity (Wildman–Crippen MR) is 69.8 cm³/mol. The van der Waals surface area contributed by atoms with Crippen molar-refractivity contribution in [3.63, 3.8) is 0 Å². The Morgan fingerprint density at radius 1 is 1.33 bits per heavy atom. The molecular formula is C13H14N2O2S. The van der Waals surface area contributed by atoms with Gasteiger partial charge < -0.3 is 4.52 Å². The summed E-state index contributed by atoms with van der Waals surface area (Å²) >= 11 is 1.61. The van der Waals surface area contributed by atoms with Gasteiger partial charge >= 0.3 is 0 Å². The van der Waals surface area contributed by atoms with Gasteiger partial charge in [-0.1, -0.05) is 31.1 Å². The predicted octanol–water partition coefficient (Wildman–Crippen LogP) is 3.30. The van der Waals surface area contributed by atoms with Crippen LogP contribution in [0.15, 0.2) is 33.7 Å². The molecule has 0 amide bonds. The second-order valence-corrected chi connectivity index (χ2v) is 5.23. The Morgan fingerprint density at radius 3 is 2.61 bits per heavy atom. The van der Waals surface area contributed by atoms with Crippen molar-refractivity contribution in [2.45, 2.75) is 30.4 Å². The molecule has 0 aliphatic heterocycles. The van der Waals surface area contributed by atoms with E-state index in [1.54, 1.807) is 23.9 Å². The van der Waals surface area contributed by atoms with Crippen LogP contribution in [0.5, 0.6) is 0 Å². The van der Waals surface area contributed by atoms with Crippen molar-refractivity contribution < 1.29 is 9.32 Å². The Kier molecular flexibility index (Phi) is 4.15. The Morgan fingerprint density at radius 2 is 2.06 bits per heavy atom. The molecule has 0 unspecified atom stereocenters. The number of rotatable bonds is 5. The average molecular weight is 262 g/mol. The Bertz CT molecular complexity index is 520. The highest BCUT2D eigenvalue weighted by Gasteiger charge is 2.09. The van der Waals surface area contributed by atoms with E-state index >= 15 is 0 Å². The first-order chi connectivity index (χ1) is 8.69. The van der Waals surface area contributed by atoms with Crippen LogP contribution in [0, 0.1) is 0 Å². The van der Waals surface area contributed by atoms with Gasteiger partial charge in [-0.15, -0.1) is 11.8 Å². The standard InChI is InChI=1S/C13H14N2O2S/c1-9(2)13-14-12(17-15-13)8-18-11-5-3-10(7-16)4-6-11/h3-7,9H,8H2,1-2H3. The Labute approximate surface area is 110 Å². The minimum atomic E-state index is 0.277. The van der Waals surface area contributed by atoms with E-state index < -0.39 is 0 Å². The smallest absolute Gasteiger partial charge is 0.237 e. The summed E-state index contributed by atoms with van der Waals surface area (Å²) in [4.78, 5) is 15.9. The third kappa shape index (κ3) is 3.20. The molecule has 0 aliphatic rings. The van der Waals surface area contributed by atoms with Crippen LogP contribution >= 0.6 is 11.8 Å². The molecular weight excluding hydrogens is 248 g/mol. The first kappa shape index (κ1) is 12.8. The largest absolute Gasteiger partial charge is 0.338 e. The number of hydrogen-bond acceptors (Lipinski definition) is 5. The molecule has 2 rings (SSSR count). The molecule has 2 aromatic rings. The normalized spacial score (nSPS) is 10.8. The van der Waals surface area contributed by atoms with Crippen molar-refractivity contribution in [2.24, 2.45) is 0 Å². The fourth-order valence-electron chi connectivity index (χ4n) is 1.35. The van der Waals surface area contributed by atoms with E-state index in [9.17, 15) is 4.79 Å². The SMILES string of the molecule is CC(C)c1noc(CSc2ccc(C=O)cc2)n1. The summed E-state index contributed by atoms with van der Waals surface area (Å²) in [5.41, 5.74) is 0.680. The maximum Gasteiger partial charge on any atom is 0.237 e. The quantitative estimate of drug-likeness (QED) is 0.611. The van der Waals surface area contributed by atoms with Gasteiger partial charge in [-0.2, -0.15) is 4.98 Å². The summed E-state index contributed by atoms with van der Waals surface area (Å²) in [7, 11) is 0. The second-order valence-electron chi connectivity index (χ2n) is 4.18. The molecule has 1 aromatic carbocycles. The van der Waals surface area contributed by atoms with Crippen LogP contribution in [0.25, 0.3) is 0 Å². The fourth-order valence-corrected chi connectivity index (χ4v) is 2.08. The molecule has 1 aromatic heterocycles. The van der Waals surface area contributed by atoms with Crippen LogP contribution < -0.4 is 0 Å². The molecule has 0 fully saturated rings. The number of benzene rings is 1. The third-order valence-electron chi connectivity index (χ3n) is 2.38. The Balaban J connectivity index is 1.95. The van der Waals surface area contributed by atoms with Gasteiger partial charge in [-0.25, -0.2) is 0 Å². The van der Waals surface area contributed by atoms with E-state index in [1.165, 1.54) is 0 Å². The van der Waals surface area contributed by atoms with Gasteiger partial charge in [-0.05, 0) is 12.1 Å². The minimum Gasteiger partial charge on any atom is -0.338 e. The van der Waals surface area contributed by atoms with Crippen LogP contribution in [0.4, 0.5) is 0 Å². The van der Waals surface area contributed by atoms with Gasteiger partial charge in [0.25, 0.3) is 0 Å². The third-order valence-corrected chi connectivity index (χ3v) is 3.38. The zero-order valence-electron chi connectivity index (χ0n) is 10.3. The topological polar surface area (TPSA) is 56.0 Å². The van der Waals surface area contributed by atoms with Crippen molar-refractivity contribution in [3.05, 3.63) is 41.5 Å². The number of nitrogens with zero attached hydrogens (tertiary/aromatic N) is 2. The molecule has 1 heterocycles. The van der Waals surface area contributed by atoms with Crippen LogP contribution in [0.3, 0.4) is 0 Å². The van der Waals surface area contributed by atoms with Crippen molar-refractivity contribution in [1.29, 1.82) is 0 Å². The van der Waals surface area contributed by atoms with Crippen LogP contribution in [0.1, 0.15) is 41.8 Å². The first-order valence-electron chi connectivity index (χ1n) is 5.69. The van der Waals surface area contributed by atoms with Gasteiger partial charge in [0.15, 0.2) is 5.82 Å². The van der Waals surface area contributed by atoms with Gasteiger partial charge in [0.1, 0.15) is 6.29 Å². The van der Waals surface area contributed by atoms with E-state index in [4.69, 9.17) is 4.52 Å². The van der Waals surface area contributed by atoms with Crippen molar-refractivity contribution in [1.82, 2.24) is 10.1 Å². The van der Waals surface area contributed by atoms with E-state index in [-0.39, 0.29) is 5.92 Å². The lowest BCUT2D eigenvalue weighted by atomic mass is 10.2. The molecule has 0 bridgehead atoms. The molecule has 0 saturated heterocycles. The summed E-state index contributed by atoms with van der Waals surface area (Å²) in [5, 5.41) is 3.91. The zero-order valence-corrected chi connectivity index (χ0v) is 11.1. The fraction of sp³-hybridized carbons (Fsp3) is 0.308. The maximum atomic E-state index is 10.5. The molecule has 4 nitrogen and oxygen atoms in total. The number of aldehydes is 1. The molecule has 0 atom stereocenters. The first-order valence-corrected chi connectivity index (χ1v) is 6.68. The van der Waals surface area contributed by atoms with Crippen LogP contribution in [0.2, 0.25) is 0 Å². The number of aromatic nitrogens is 2. The second kappa shape index (κ2) is 5.82. The zero-order chi connectivity index (χ0) is 13.0. The summed E-state index contributed by atoms with van der Waals surface area (Å²) in [6.45, 7) is 4.06. The minimum absolute atomic E-state index is 0.277. The summed E-state index contributed by atoms with van der Waals surface area (Å²) < 4.78 is 5.15. The van der Waals surface area contributed by atoms with Crippen LogP contribution in [-0.4, -0.2) is 16.4 Å². The van der Waals surface area contributed by atoms with Crippen LogP contribution in [-0.2, 0) is 5.75 Å². The van der Waals surface area contributed by atoms with Crippen molar-refractivity contribution in [2.75, 3.05) is 0 Å². The van der Waals surface area contributed by atoms with Gasteiger partial charge in [-0.3, -0.25) is 4.79 Å². The van der Waals surface area contributed by atoms with E-state index in [0.29, 0.717) is 17.2 Å². The molecule has 0 spiro atoms. The van der Waals surface area contributed by atoms with Crippen molar-refractivity contribution >= 4 is 18.0 Å². The summed E-state index contributed by atoms with van der Waals surface area (Å²) in [5.74, 6) is 2.28. The van der Waals surface area contributed by atoms with Crippen molar-refractivity contribution in [3.8, 4) is 0 Å². The van der Waals surface area contributed by atoms with E-state index in [1.807, 2.05) is 26.0 Å². The molecule has 94 valence electrons. The highest BCUT2D eigenvalue weighted by Crippen LogP contribution is 2.22. The maximum absolute atomic E-state index is 10.5. The molecule has 0 N–H and O–H groups in total. The highest BCUT2D eigenvalue weighted by atomic mass is 32.2. The van der Waals surface area contributed by atoms with Gasteiger partial charge in [0.2, 0.25) is 5.89 Å². The molecule has 0 aliphatic carbocycles. The lowest BCUT2D eigenvalue weighted by Gasteiger charge is -1.98. The number of hydrogen-bond donors (Lipinski definition) is 0. The molecule has 0 radical (unpaired) electrons. The molecule has 18 heavy (non-hydrogen) atoms. The van der Waals surface area contributed by atoms with Gasteiger partial charge in [0.05, 0.1) is 5.75 Å². The molecule has 5 heteroatoms. The monoisotopic (exact) mass is 262 g/mol. The lowest BCUT2D eigenvalue weighted by Crippen LogP contribution is -1.90. The van der Waals surface area contributed by atoms with E-state index in [2.05, 4.69) is 10.1 Å². The average Bonchev–Trinajstić information content (AvgIpc) is 2.86.